The summed E-state index contributed by atoms with van der Waals surface area (Å²) < 4.78 is 29.2. The summed E-state index contributed by atoms with van der Waals surface area (Å²) in [5.74, 6) is -0.0742. The Hall–Kier alpha value is -1.72. The van der Waals surface area contributed by atoms with Gasteiger partial charge in [0.05, 0.1) is 25.6 Å². The summed E-state index contributed by atoms with van der Waals surface area (Å²) in [7, 11) is -1.90. The number of carbonyl (C=O) groups excluding carboxylic acids is 2. The second kappa shape index (κ2) is 7.49. The molecule has 0 unspecified atom stereocenters. The van der Waals surface area contributed by atoms with Gasteiger partial charge >= 0.3 is 6.09 Å². The van der Waals surface area contributed by atoms with Gasteiger partial charge in [0.2, 0.25) is 15.9 Å². The Labute approximate surface area is 156 Å². The molecule has 144 valence electrons. The summed E-state index contributed by atoms with van der Waals surface area (Å²) in [5.41, 5.74) is 0.900. The van der Waals surface area contributed by atoms with E-state index in [1.54, 1.807) is 0 Å². The van der Waals surface area contributed by atoms with Gasteiger partial charge in [-0.15, -0.1) is 0 Å². The van der Waals surface area contributed by atoms with E-state index in [9.17, 15) is 18.0 Å². The smallest absolute Gasteiger partial charge is 0.413 e. The first kappa shape index (κ1) is 19.1. The summed E-state index contributed by atoms with van der Waals surface area (Å²) in [4.78, 5) is 31.2. The fourth-order valence-corrected chi connectivity index (χ4v) is 5.15. The number of piperidine rings is 1. The Balaban J connectivity index is 1.60. The van der Waals surface area contributed by atoms with Crippen LogP contribution in [0.1, 0.15) is 23.4 Å². The molecule has 3 rings (SSSR count). The summed E-state index contributed by atoms with van der Waals surface area (Å²) in [6.45, 7) is 1.84. The van der Waals surface area contributed by atoms with Crippen molar-refractivity contribution in [3.63, 3.8) is 0 Å². The van der Waals surface area contributed by atoms with E-state index >= 15 is 0 Å². The molecule has 0 spiro atoms. The van der Waals surface area contributed by atoms with Gasteiger partial charge in [-0.25, -0.2) is 22.5 Å². The molecular weight excluding hydrogens is 380 g/mol. The zero-order chi connectivity index (χ0) is 18.9. The number of hydrogen-bond donors (Lipinski definition) is 1. The van der Waals surface area contributed by atoms with Gasteiger partial charge < -0.3 is 9.64 Å². The van der Waals surface area contributed by atoms with Crippen molar-refractivity contribution >= 4 is 38.5 Å². The Bertz CT molecular complexity index is 799. The maximum Gasteiger partial charge on any atom is 0.413 e. The lowest BCUT2D eigenvalue weighted by Gasteiger charge is -2.34. The van der Waals surface area contributed by atoms with E-state index in [2.05, 4.69) is 15.0 Å². The van der Waals surface area contributed by atoms with Crippen LogP contribution in [0.3, 0.4) is 0 Å². The largest absolute Gasteiger partial charge is 0.453 e. The van der Waals surface area contributed by atoms with Crippen molar-refractivity contribution < 1.29 is 22.7 Å². The number of anilines is 1. The van der Waals surface area contributed by atoms with Gasteiger partial charge in [0.25, 0.3) is 0 Å². The van der Waals surface area contributed by atoms with Gasteiger partial charge in [0, 0.05) is 36.9 Å². The standard InChI is InChI=1S/C15H22N4O5S2/c1-24-15(21)17-14-16-11-5-6-18(9-12(11)25-14)13(20)10-3-7-19(8-4-10)26(2,22)23/h10H,3-9H2,1-2H3,(H,16,17,21). The third kappa shape index (κ3) is 4.15. The molecule has 2 amide bonds. The fourth-order valence-electron chi connectivity index (χ4n) is 3.27. The van der Waals surface area contributed by atoms with Crippen molar-refractivity contribution in [1.82, 2.24) is 14.2 Å². The van der Waals surface area contributed by atoms with Crippen molar-refractivity contribution in [3.8, 4) is 0 Å². The summed E-state index contributed by atoms with van der Waals surface area (Å²) in [5, 5.41) is 3.03. The van der Waals surface area contributed by atoms with Crippen LogP contribution >= 0.6 is 11.3 Å². The number of nitrogens with one attached hydrogen (secondary N) is 1. The molecule has 0 bridgehead atoms. The van der Waals surface area contributed by atoms with Crippen molar-refractivity contribution in [2.75, 3.05) is 38.3 Å². The van der Waals surface area contributed by atoms with E-state index < -0.39 is 16.1 Å². The van der Waals surface area contributed by atoms with Gasteiger partial charge in [0.1, 0.15) is 0 Å². The number of thiazole rings is 1. The van der Waals surface area contributed by atoms with Gasteiger partial charge in [0.15, 0.2) is 5.13 Å². The molecule has 2 aliphatic rings. The Morgan fingerprint density at radius 3 is 2.58 bits per heavy atom. The summed E-state index contributed by atoms with van der Waals surface area (Å²) in [6.07, 6.45) is 2.37. The zero-order valence-electron chi connectivity index (χ0n) is 14.7. The van der Waals surface area contributed by atoms with Crippen LogP contribution < -0.4 is 5.32 Å². The van der Waals surface area contributed by atoms with Crippen LogP contribution in [0.5, 0.6) is 0 Å². The number of methoxy groups -OCH3 is 1. The maximum absolute atomic E-state index is 12.8. The van der Waals surface area contributed by atoms with Crippen LogP contribution in [0, 0.1) is 5.92 Å². The van der Waals surface area contributed by atoms with Gasteiger partial charge in [-0.05, 0) is 12.8 Å². The second-order valence-corrected chi connectivity index (χ2v) is 9.52. The van der Waals surface area contributed by atoms with Crippen molar-refractivity contribution in [3.05, 3.63) is 10.6 Å². The molecule has 0 atom stereocenters. The first-order valence-corrected chi connectivity index (χ1v) is 11.0. The second-order valence-electron chi connectivity index (χ2n) is 6.45. The highest BCUT2D eigenvalue weighted by Crippen LogP contribution is 2.30. The topological polar surface area (TPSA) is 109 Å². The highest BCUT2D eigenvalue weighted by molar-refractivity contribution is 7.88. The first-order valence-electron chi connectivity index (χ1n) is 8.35. The van der Waals surface area contributed by atoms with Crippen molar-refractivity contribution in [2.45, 2.75) is 25.8 Å². The Morgan fingerprint density at radius 2 is 1.96 bits per heavy atom. The number of ether oxygens (including phenoxy) is 1. The van der Waals surface area contributed by atoms with Crippen LogP contribution in [0.25, 0.3) is 0 Å². The Morgan fingerprint density at radius 1 is 1.27 bits per heavy atom. The SMILES string of the molecule is COC(=O)Nc1nc2c(s1)CN(C(=O)C1CCN(S(C)(=O)=O)CC1)CC2. The van der Waals surface area contributed by atoms with E-state index in [-0.39, 0.29) is 11.8 Å². The molecule has 1 fully saturated rings. The fraction of sp³-hybridized carbons (Fsp3) is 0.667. The minimum Gasteiger partial charge on any atom is -0.453 e. The molecule has 2 aliphatic heterocycles. The predicted molar refractivity (Wildman–Crippen MR) is 96.4 cm³/mol. The molecule has 0 aliphatic carbocycles. The van der Waals surface area contributed by atoms with E-state index in [1.807, 2.05) is 4.90 Å². The molecule has 26 heavy (non-hydrogen) atoms. The predicted octanol–water partition coefficient (Wildman–Crippen LogP) is 0.878. The van der Waals surface area contributed by atoms with Gasteiger partial charge in [-0.2, -0.15) is 0 Å². The molecule has 3 heterocycles. The number of aromatic nitrogens is 1. The third-order valence-corrected chi connectivity index (χ3v) is 7.01. The minimum atomic E-state index is -3.19. The molecule has 1 aromatic heterocycles. The number of nitrogens with zero attached hydrogens (tertiary/aromatic N) is 3. The molecule has 1 aromatic rings. The van der Waals surface area contributed by atoms with Crippen LogP contribution in [0.4, 0.5) is 9.93 Å². The van der Waals surface area contributed by atoms with E-state index in [0.717, 1.165) is 10.6 Å². The van der Waals surface area contributed by atoms with Crippen LogP contribution in [-0.4, -0.2) is 67.6 Å². The number of carbonyl (C=O) groups is 2. The molecule has 0 saturated carbocycles. The Kier molecular flexibility index (Phi) is 5.49. The number of amides is 2. The highest BCUT2D eigenvalue weighted by Gasteiger charge is 2.33. The van der Waals surface area contributed by atoms with Gasteiger partial charge in [-0.1, -0.05) is 11.3 Å². The van der Waals surface area contributed by atoms with Crippen molar-refractivity contribution in [1.29, 1.82) is 0 Å². The molecular formula is C15H22N4O5S2. The maximum atomic E-state index is 12.8. The van der Waals surface area contributed by atoms with Crippen LogP contribution in [0.2, 0.25) is 0 Å². The number of fused-ring (bicyclic) bond motifs is 1. The minimum absolute atomic E-state index is 0.0691. The normalized spacial score (nSPS) is 19.1. The summed E-state index contributed by atoms with van der Waals surface area (Å²) in [6, 6.07) is 0. The summed E-state index contributed by atoms with van der Waals surface area (Å²) >= 11 is 1.35. The van der Waals surface area contributed by atoms with Crippen LogP contribution in [0.15, 0.2) is 0 Å². The average Bonchev–Trinajstić information content (AvgIpc) is 3.01. The zero-order valence-corrected chi connectivity index (χ0v) is 16.4. The number of hydrogen-bond acceptors (Lipinski definition) is 7. The van der Waals surface area contributed by atoms with Crippen LogP contribution in [-0.2, 0) is 32.5 Å². The quantitative estimate of drug-likeness (QED) is 0.804. The lowest BCUT2D eigenvalue weighted by molar-refractivity contribution is -0.137. The highest BCUT2D eigenvalue weighted by atomic mass is 32.2. The average molecular weight is 402 g/mol. The van der Waals surface area contributed by atoms with E-state index in [0.29, 0.717) is 50.6 Å². The molecule has 0 radical (unpaired) electrons. The van der Waals surface area contributed by atoms with E-state index in [4.69, 9.17) is 0 Å². The van der Waals surface area contributed by atoms with Crippen molar-refractivity contribution in [2.24, 2.45) is 5.92 Å². The lowest BCUT2D eigenvalue weighted by Crippen LogP contribution is -2.45. The third-order valence-electron chi connectivity index (χ3n) is 4.71. The molecule has 9 nitrogen and oxygen atoms in total. The molecule has 1 saturated heterocycles. The van der Waals surface area contributed by atoms with E-state index in [1.165, 1.54) is 29.0 Å². The molecule has 1 N–H and O–H groups in total. The molecule has 11 heteroatoms. The number of rotatable bonds is 3. The first-order chi connectivity index (χ1) is 12.3. The monoisotopic (exact) mass is 402 g/mol. The lowest BCUT2D eigenvalue weighted by atomic mass is 9.96. The molecule has 0 aromatic carbocycles. The van der Waals surface area contributed by atoms with Gasteiger partial charge in [-0.3, -0.25) is 10.1 Å². The number of sulfonamides is 1.